The third kappa shape index (κ3) is 11.4. The average molecular weight is 233 g/mol. The summed E-state index contributed by atoms with van der Waals surface area (Å²) in [5.41, 5.74) is 0. The Labute approximate surface area is 97.4 Å². The van der Waals surface area contributed by atoms with Gasteiger partial charge < -0.3 is 19.5 Å². The first-order chi connectivity index (χ1) is 7.81. The Hall–Kier alpha value is -0.650. The van der Waals surface area contributed by atoms with Gasteiger partial charge in [0, 0.05) is 40.1 Å². The number of hydrogen-bond donors (Lipinski definition) is 1. The van der Waals surface area contributed by atoms with Crippen molar-refractivity contribution in [3.8, 4) is 0 Å². The first-order valence-corrected chi connectivity index (χ1v) is 5.75. The fourth-order valence-electron chi connectivity index (χ4n) is 1.01. The quantitative estimate of drug-likeness (QED) is 0.530. The van der Waals surface area contributed by atoms with Crippen LogP contribution in [0.25, 0.3) is 0 Å². The van der Waals surface area contributed by atoms with Gasteiger partial charge in [-0.05, 0) is 19.8 Å². The van der Waals surface area contributed by atoms with Crippen LogP contribution in [0.2, 0.25) is 0 Å². The van der Waals surface area contributed by atoms with Crippen molar-refractivity contribution in [2.75, 3.05) is 46.7 Å². The van der Waals surface area contributed by atoms with Gasteiger partial charge in [-0.2, -0.15) is 0 Å². The van der Waals surface area contributed by atoms with Crippen LogP contribution >= 0.6 is 0 Å². The lowest BCUT2D eigenvalue weighted by molar-refractivity contribution is -0.125. The molecular formula is C11H23NO4. The predicted molar refractivity (Wildman–Crippen MR) is 61.4 cm³/mol. The van der Waals surface area contributed by atoms with E-state index in [4.69, 9.17) is 14.2 Å². The predicted octanol–water partition coefficient (Wildman–Crippen LogP) is 0.582. The van der Waals surface area contributed by atoms with Gasteiger partial charge >= 0.3 is 0 Å². The average Bonchev–Trinajstić information content (AvgIpc) is 2.31. The third-order valence-corrected chi connectivity index (χ3v) is 1.87. The highest BCUT2D eigenvalue weighted by atomic mass is 16.5. The first-order valence-electron chi connectivity index (χ1n) is 5.75. The number of carbonyl (C=O) groups is 1. The Bertz CT molecular complexity index is 164. The zero-order valence-corrected chi connectivity index (χ0v) is 10.3. The normalized spacial score (nSPS) is 10.4. The van der Waals surface area contributed by atoms with Gasteiger partial charge in [0.2, 0.25) is 5.91 Å². The summed E-state index contributed by atoms with van der Waals surface area (Å²) in [7, 11) is 1.59. The molecule has 5 heteroatoms. The topological polar surface area (TPSA) is 56.8 Å². The SMILES string of the molecule is CCOCCCOCCCOCC(=O)NC. The molecule has 0 unspecified atom stereocenters. The van der Waals surface area contributed by atoms with Crippen LogP contribution in [0.5, 0.6) is 0 Å². The van der Waals surface area contributed by atoms with E-state index in [1.807, 2.05) is 6.92 Å². The maximum atomic E-state index is 10.8. The van der Waals surface area contributed by atoms with E-state index in [2.05, 4.69) is 5.32 Å². The fourth-order valence-corrected chi connectivity index (χ4v) is 1.01. The van der Waals surface area contributed by atoms with Crippen LogP contribution in [0, 0.1) is 0 Å². The van der Waals surface area contributed by atoms with E-state index in [1.165, 1.54) is 0 Å². The Kier molecular flexibility index (Phi) is 11.9. The summed E-state index contributed by atoms with van der Waals surface area (Å²) in [5.74, 6) is -0.0994. The number of amides is 1. The molecule has 0 fully saturated rings. The molecule has 0 aliphatic carbocycles. The van der Waals surface area contributed by atoms with Crippen molar-refractivity contribution >= 4 is 5.91 Å². The van der Waals surface area contributed by atoms with Crippen LogP contribution < -0.4 is 5.32 Å². The molecule has 96 valence electrons. The van der Waals surface area contributed by atoms with Crippen LogP contribution in [-0.4, -0.2) is 52.6 Å². The molecule has 0 aromatic heterocycles. The van der Waals surface area contributed by atoms with E-state index >= 15 is 0 Å². The highest BCUT2D eigenvalue weighted by Gasteiger charge is 1.96. The third-order valence-electron chi connectivity index (χ3n) is 1.87. The largest absolute Gasteiger partial charge is 0.382 e. The van der Waals surface area contributed by atoms with Crippen molar-refractivity contribution in [1.82, 2.24) is 5.32 Å². The van der Waals surface area contributed by atoms with Gasteiger partial charge in [-0.15, -0.1) is 0 Å². The summed E-state index contributed by atoms with van der Waals surface area (Å²) < 4.78 is 15.6. The molecule has 0 saturated carbocycles. The van der Waals surface area contributed by atoms with E-state index in [0.29, 0.717) is 13.2 Å². The molecule has 0 spiro atoms. The Morgan fingerprint density at radius 1 is 1.00 bits per heavy atom. The molecule has 0 heterocycles. The molecule has 0 radical (unpaired) electrons. The molecule has 0 atom stereocenters. The molecule has 0 aliphatic heterocycles. The van der Waals surface area contributed by atoms with Crippen LogP contribution in [0.1, 0.15) is 19.8 Å². The first kappa shape index (κ1) is 15.3. The van der Waals surface area contributed by atoms with Gasteiger partial charge in [0.25, 0.3) is 0 Å². The molecule has 0 aromatic rings. The van der Waals surface area contributed by atoms with Crippen molar-refractivity contribution < 1.29 is 19.0 Å². The van der Waals surface area contributed by atoms with Crippen molar-refractivity contribution in [3.63, 3.8) is 0 Å². The Balaban J connectivity index is 2.96. The number of likely N-dealkylation sites (N-methyl/N-ethyl adjacent to an activating group) is 1. The van der Waals surface area contributed by atoms with Gasteiger partial charge in [-0.25, -0.2) is 0 Å². The van der Waals surface area contributed by atoms with Crippen molar-refractivity contribution in [3.05, 3.63) is 0 Å². The maximum absolute atomic E-state index is 10.8. The number of carbonyl (C=O) groups excluding carboxylic acids is 1. The van der Waals surface area contributed by atoms with Gasteiger partial charge in [-0.1, -0.05) is 0 Å². The second-order valence-corrected chi connectivity index (χ2v) is 3.24. The fraction of sp³-hybridized carbons (Fsp3) is 0.909. The van der Waals surface area contributed by atoms with Crippen LogP contribution in [-0.2, 0) is 19.0 Å². The highest BCUT2D eigenvalue weighted by Crippen LogP contribution is 1.89. The zero-order chi connectivity index (χ0) is 12.1. The van der Waals surface area contributed by atoms with E-state index in [0.717, 1.165) is 32.7 Å². The minimum Gasteiger partial charge on any atom is -0.382 e. The molecule has 0 bridgehead atoms. The van der Waals surface area contributed by atoms with E-state index in [-0.39, 0.29) is 12.5 Å². The lowest BCUT2D eigenvalue weighted by atomic mass is 10.4. The molecule has 0 rings (SSSR count). The molecule has 16 heavy (non-hydrogen) atoms. The van der Waals surface area contributed by atoms with Gasteiger partial charge in [-0.3, -0.25) is 4.79 Å². The molecule has 0 aliphatic rings. The molecule has 0 aromatic carbocycles. The van der Waals surface area contributed by atoms with Crippen molar-refractivity contribution in [2.24, 2.45) is 0 Å². The van der Waals surface area contributed by atoms with Crippen molar-refractivity contribution in [1.29, 1.82) is 0 Å². The lowest BCUT2D eigenvalue weighted by Crippen LogP contribution is -2.23. The van der Waals surface area contributed by atoms with Gasteiger partial charge in [0.15, 0.2) is 0 Å². The summed E-state index contributed by atoms with van der Waals surface area (Å²) in [6.07, 6.45) is 1.73. The minimum absolute atomic E-state index is 0.0994. The zero-order valence-electron chi connectivity index (χ0n) is 10.3. The minimum atomic E-state index is -0.0994. The second-order valence-electron chi connectivity index (χ2n) is 3.24. The monoisotopic (exact) mass is 233 g/mol. The van der Waals surface area contributed by atoms with Gasteiger partial charge in [0.1, 0.15) is 6.61 Å². The summed E-state index contributed by atoms with van der Waals surface area (Å²) in [6, 6.07) is 0. The molecule has 5 nitrogen and oxygen atoms in total. The molecule has 1 N–H and O–H groups in total. The van der Waals surface area contributed by atoms with Crippen LogP contribution in [0.4, 0.5) is 0 Å². The Morgan fingerprint density at radius 3 is 2.12 bits per heavy atom. The summed E-state index contributed by atoms with van der Waals surface area (Å²) >= 11 is 0. The second kappa shape index (κ2) is 12.4. The number of hydrogen-bond acceptors (Lipinski definition) is 4. The maximum Gasteiger partial charge on any atom is 0.245 e. The van der Waals surface area contributed by atoms with E-state index in [9.17, 15) is 4.79 Å². The summed E-state index contributed by atoms with van der Waals surface area (Å²) in [6.45, 7) is 5.55. The van der Waals surface area contributed by atoms with Crippen LogP contribution in [0.3, 0.4) is 0 Å². The van der Waals surface area contributed by atoms with Gasteiger partial charge in [0.05, 0.1) is 0 Å². The van der Waals surface area contributed by atoms with E-state index < -0.39 is 0 Å². The molecule has 1 amide bonds. The number of nitrogens with one attached hydrogen (secondary N) is 1. The summed E-state index contributed by atoms with van der Waals surface area (Å²) in [4.78, 5) is 10.8. The Morgan fingerprint density at radius 2 is 1.56 bits per heavy atom. The lowest BCUT2D eigenvalue weighted by Gasteiger charge is -2.05. The standard InChI is InChI=1S/C11H23NO4/c1-3-14-6-4-7-15-8-5-9-16-10-11(13)12-2/h3-10H2,1-2H3,(H,12,13). The van der Waals surface area contributed by atoms with Crippen LogP contribution in [0.15, 0.2) is 0 Å². The molecular weight excluding hydrogens is 210 g/mol. The molecule has 0 saturated heterocycles. The number of ether oxygens (including phenoxy) is 3. The smallest absolute Gasteiger partial charge is 0.245 e. The number of rotatable bonds is 11. The highest BCUT2D eigenvalue weighted by molar-refractivity contribution is 5.76. The summed E-state index contributed by atoms with van der Waals surface area (Å²) in [5, 5.41) is 2.49. The van der Waals surface area contributed by atoms with Crippen molar-refractivity contribution in [2.45, 2.75) is 19.8 Å². The van der Waals surface area contributed by atoms with E-state index in [1.54, 1.807) is 7.05 Å².